The number of amides is 1. The monoisotopic (exact) mass is 358 g/mol. The van der Waals surface area contributed by atoms with E-state index in [2.05, 4.69) is 0 Å². The van der Waals surface area contributed by atoms with Crippen LogP contribution in [0.2, 0.25) is 0 Å². The number of carbonyl (C=O) groups is 1. The van der Waals surface area contributed by atoms with Crippen molar-refractivity contribution in [3.63, 3.8) is 0 Å². The van der Waals surface area contributed by atoms with Gasteiger partial charge in [0.1, 0.15) is 11.8 Å². The van der Waals surface area contributed by atoms with E-state index >= 15 is 0 Å². The highest BCUT2D eigenvalue weighted by Crippen LogP contribution is 2.34. The fraction of sp³-hybridized carbons (Fsp3) is 0.562. The summed E-state index contributed by atoms with van der Waals surface area (Å²) in [5.41, 5.74) is -0.624. The van der Waals surface area contributed by atoms with E-state index < -0.39 is 53.0 Å². The number of ether oxygens (including phenoxy) is 1. The molecule has 0 aliphatic carbocycles. The van der Waals surface area contributed by atoms with Crippen LogP contribution in [-0.4, -0.2) is 45.4 Å². The molecule has 3 unspecified atom stereocenters. The van der Waals surface area contributed by atoms with Gasteiger partial charge in [-0.2, -0.15) is 0 Å². The molecule has 1 heterocycles. The predicted octanol–water partition coefficient (Wildman–Crippen LogP) is 2.65. The zero-order valence-electron chi connectivity index (χ0n) is 14.1. The Morgan fingerprint density at radius 1 is 1.36 bits per heavy atom. The van der Waals surface area contributed by atoms with E-state index in [0.717, 1.165) is 17.0 Å². The number of benzene rings is 1. The molecule has 138 valence electrons. The predicted molar refractivity (Wildman–Crippen MR) is 83.4 cm³/mol. The van der Waals surface area contributed by atoms with E-state index in [1.807, 2.05) is 0 Å². The maximum atomic E-state index is 13.5. The number of rotatable bonds is 2. The van der Waals surface area contributed by atoms with Crippen LogP contribution >= 0.6 is 0 Å². The molecule has 1 aliphatic rings. The molecule has 1 aromatic rings. The lowest BCUT2D eigenvalue weighted by Crippen LogP contribution is -2.55. The zero-order valence-corrected chi connectivity index (χ0v) is 14.1. The number of likely N-dealkylation sites (tertiary alicyclic amines) is 1. The van der Waals surface area contributed by atoms with Crippen LogP contribution in [0.3, 0.4) is 0 Å². The summed E-state index contributed by atoms with van der Waals surface area (Å²) in [6.45, 7) is 4.51. The Morgan fingerprint density at radius 3 is 2.52 bits per heavy atom. The number of nitro groups is 1. The zero-order chi connectivity index (χ0) is 18.9. The van der Waals surface area contributed by atoms with Crippen molar-refractivity contribution in [1.29, 1.82) is 0 Å². The number of aliphatic hydroxyl groups excluding tert-OH is 1. The van der Waals surface area contributed by atoms with Crippen molar-refractivity contribution in [2.75, 3.05) is 6.54 Å². The Labute approximate surface area is 143 Å². The second-order valence-electron chi connectivity index (χ2n) is 6.98. The van der Waals surface area contributed by atoms with E-state index in [1.165, 1.54) is 6.07 Å². The van der Waals surface area contributed by atoms with Crippen molar-refractivity contribution in [1.82, 2.24) is 4.90 Å². The molecule has 0 saturated carbocycles. The van der Waals surface area contributed by atoms with Gasteiger partial charge in [-0.3, -0.25) is 15.0 Å². The maximum Gasteiger partial charge on any atom is 0.412 e. The van der Waals surface area contributed by atoms with Gasteiger partial charge in [0.05, 0.1) is 12.5 Å². The molecule has 0 radical (unpaired) electrons. The molecule has 0 aromatic heterocycles. The molecule has 3 atom stereocenters. The van der Waals surface area contributed by atoms with Crippen LogP contribution in [0.25, 0.3) is 0 Å². The lowest BCUT2D eigenvalue weighted by atomic mass is 9.84. The van der Waals surface area contributed by atoms with E-state index in [1.54, 1.807) is 20.8 Å². The van der Waals surface area contributed by atoms with Gasteiger partial charge in [-0.25, -0.2) is 13.6 Å². The molecule has 1 fully saturated rings. The summed E-state index contributed by atoms with van der Waals surface area (Å²) >= 11 is 0. The second-order valence-corrected chi connectivity index (χ2v) is 6.98. The number of hydrogen-bond acceptors (Lipinski definition) is 5. The van der Waals surface area contributed by atoms with Gasteiger partial charge >= 0.3 is 6.09 Å². The first-order valence-corrected chi connectivity index (χ1v) is 7.75. The minimum Gasteiger partial charge on any atom is -0.444 e. The lowest BCUT2D eigenvalue weighted by Gasteiger charge is -2.38. The van der Waals surface area contributed by atoms with Gasteiger partial charge in [0.2, 0.25) is 6.04 Å². The molecular weight excluding hydrogens is 338 g/mol. The van der Waals surface area contributed by atoms with Gasteiger partial charge in [-0.1, -0.05) is 6.07 Å². The van der Waals surface area contributed by atoms with Crippen LogP contribution in [0.4, 0.5) is 13.6 Å². The largest absolute Gasteiger partial charge is 0.444 e. The Hall–Kier alpha value is -2.29. The fourth-order valence-corrected chi connectivity index (χ4v) is 2.79. The van der Waals surface area contributed by atoms with E-state index in [0.29, 0.717) is 0 Å². The van der Waals surface area contributed by atoms with Crippen LogP contribution in [0.1, 0.15) is 38.7 Å². The van der Waals surface area contributed by atoms with Crippen molar-refractivity contribution in [3.8, 4) is 0 Å². The summed E-state index contributed by atoms with van der Waals surface area (Å²) in [6, 6.07) is 1.73. The third kappa shape index (κ3) is 4.41. The Balaban J connectivity index is 2.26. The first kappa shape index (κ1) is 19.0. The molecule has 1 aromatic carbocycles. The molecule has 0 bridgehead atoms. The normalized spacial score (nSPS) is 24.1. The number of carbonyl (C=O) groups excluding carboxylic acids is 1. The summed E-state index contributed by atoms with van der Waals surface area (Å²) in [5.74, 6) is -3.05. The van der Waals surface area contributed by atoms with E-state index in [4.69, 9.17) is 4.74 Å². The number of hydrogen-bond donors (Lipinski definition) is 1. The van der Waals surface area contributed by atoms with Gasteiger partial charge in [0.15, 0.2) is 11.6 Å². The van der Waals surface area contributed by atoms with Crippen molar-refractivity contribution in [2.45, 2.75) is 51.0 Å². The highest BCUT2D eigenvalue weighted by Gasteiger charge is 2.45. The molecule has 7 nitrogen and oxygen atoms in total. The summed E-state index contributed by atoms with van der Waals surface area (Å²) in [4.78, 5) is 23.9. The molecule has 25 heavy (non-hydrogen) atoms. The van der Waals surface area contributed by atoms with E-state index in [9.17, 15) is 28.8 Å². The second kappa shape index (κ2) is 6.91. The van der Waals surface area contributed by atoms with Gasteiger partial charge in [-0.05, 0) is 38.5 Å². The van der Waals surface area contributed by atoms with Crippen molar-refractivity contribution < 1.29 is 28.3 Å². The maximum absolute atomic E-state index is 13.5. The highest BCUT2D eigenvalue weighted by atomic mass is 19.2. The SMILES string of the molecule is CC(C)(C)OC(=O)N1CC([N+](=O)[O-])C(c2ccc(F)c(F)c2)CC1O. The average Bonchev–Trinajstić information content (AvgIpc) is 2.47. The smallest absolute Gasteiger partial charge is 0.412 e. The van der Waals surface area contributed by atoms with Gasteiger partial charge in [-0.15, -0.1) is 0 Å². The summed E-state index contributed by atoms with van der Waals surface area (Å²) in [6.07, 6.45) is -2.38. The standard InChI is InChI=1S/C16H20F2N2O5/c1-16(2,3)25-15(22)19-8-13(20(23)24)10(7-14(19)21)9-4-5-11(17)12(18)6-9/h4-6,10,13-14,21H,7-8H2,1-3H3. The summed E-state index contributed by atoms with van der Waals surface area (Å²) in [7, 11) is 0. The topological polar surface area (TPSA) is 92.9 Å². The number of piperidine rings is 1. The number of halogens is 2. The Morgan fingerprint density at radius 2 is 2.00 bits per heavy atom. The quantitative estimate of drug-likeness (QED) is 0.648. The molecule has 0 spiro atoms. The average molecular weight is 358 g/mol. The van der Waals surface area contributed by atoms with Crippen molar-refractivity contribution in [2.24, 2.45) is 0 Å². The van der Waals surface area contributed by atoms with Crippen LogP contribution in [0, 0.1) is 21.7 Å². The number of aliphatic hydroxyl groups is 1. The van der Waals surface area contributed by atoms with E-state index in [-0.39, 0.29) is 12.0 Å². The molecule has 1 amide bonds. The summed E-state index contributed by atoms with van der Waals surface area (Å²) < 4.78 is 31.7. The van der Waals surface area contributed by atoms with Gasteiger partial charge in [0, 0.05) is 11.3 Å². The highest BCUT2D eigenvalue weighted by molar-refractivity contribution is 5.68. The van der Waals surface area contributed by atoms with Crippen LogP contribution in [0.15, 0.2) is 18.2 Å². The minimum absolute atomic E-state index is 0.185. The lowest BCUT2D eigenvalue weighted by molar-refractivity contribution is -0.531. The van der Waals surface area contributed by atoms with Gasteiger partial charge in [0.25, 0.3) is 0 Å². The third-order valence-electron chi connectivity index (χ3n) is 3.94. The first-order chi connectivity index (χ1) is 11.5. The molecule has 1 saturated heterocycles. The Bertz CT molecular complexity index is 677. The molecule has 2 rings (SSSR count). The van der Waals surface area contributed by atoms with Crippen molar-refractivity contribution >= 4 is 6.09 Å². The summed E-state index contributed by atoms with van der Waals surface area (Å²) in [5, 5.41) is 21.7. The minimum atomic E-state index is -1.33. The molecule has 1 N–H and O–H groups in total. The van der Waals surface area contributed by atoms with Crippen molar-refractivity contribution in [3.05, 3.63) is 45.5 Å². The van der Waals surface area contributed by atoms with Crippen LogP contribution < -0.4 is 0 Å². The first-order valence-electron chi connectivity index (χ1n) is 7.75. The van der Waals surface area contributed by atoms with Crippen LogP contribution in [0.5, 0.6) is 0 Å². The fourth-order valence-electron chi connectivity index (χ4n) is 2.79. The van der Waals surface area contributed by atoms with Gasteiger partial charge < -0.3 is 9.84 Å². The molecule has 1 aliphatic heterocycles. The third-order valence-corrected chi connectivity index (χ3v) is 3.94. The Kier molecular flexibility index (Phi) is 5.26. The molecule has 9 heteroatoms. The number of nitrogens with zero attached hydrogens (tertiary/aromatic N) is 2. The molecular formula is C16H20F2N2O5. The van der Waals surface area contributed by atoms with Crippen LogP contribution in [-0.2, 0) is 4.74 Å².